The Bertz CT molecular complexity index is 1340. The van der Waals surface area contributed by atoms with E-state index in [1.54, 1.807) is 32.2 Å². The summed E-state index contributed by atoms with van der Waals surface area (Å²) in [7, 11) is 0. The number of nitrogens with one attached hydrogen (secondary N) is 4. The smallest absolute Gasteiger partial charge is 0.327 e. The number of phenolic OH excluding ortho intramolecular Hbond substituents is 1. The van der Waals surface area contributed by atoms with Crippen molar-refractivity contribution in [2.24, 2.45) is 11.7 Å². The largest absolute Gasteiger partial charge is 0.508 e. The molecule has 0 saturated carbocycles. The van der Waals surface area contributed by atoms with Gasteiger partial charge in [-0.15, -0.1) is 0 Å². The van der Waals surface area contributed by atoms with E-state index in [2.05, 4.69) is 33.6 Å². The average Bonchev–Trinajstić information content (AvgIpc) is 3.32. The van der Waals surface area contributed by atoms with Gasteiger partial charge in [0.1, 0.15) is 23.9 Å². The summed E-state index contributed by atoms with van der Waals surface area (Å²) < 4.78 is 0. The van der Waals surface area contributed by atoms with Gasteiger partial charge in [0.2, 0.25) is 17.7 Å². The number of aliphatic carboxylic acids is 1. The predicted molar refractivity (Wildman–Crippen MR) is 154 cm³/mol. The number of fused-ring (bicyclic) bond motifs is 1. The maximum atomic E-state index is 13.4. The van der Waals surface area contributed by atoms with Crippen molar-refractivity contribution in [2.75, 3.05) is 5.75 Å². The highest BCUT2D eigenvalue weighted by atomic mass is 32.1. The average molecular weight is 570 g/mol. The lowest BCUT2D eigenvalue weighted by Gasteiger charge is -2.27. The second kappa shape index (κ2) is 13.9. The molecule has 12 heteroatoms. The SMILES string of the molecule is CC(C)C(NC(=O)C(N)Cc1c[nH]c2ccccc12)C(=O)NC(Cc1ccc(O)cc1)C(=O)NC(CS)C(=O)O. The summed E-state index contributed by atoms with van der Waals surface area (Å²) >= 11 is 3.97. The molecule has 40 heavy (non-hydrogen) atoms. The molecule has 0 radical (unpaired) electrons. The highest BCUT2D eigenvalue weighted by molar-refractivity contribution is 7.80. The van der Waals surface area contributed by atoms with Gasteiger partial charge in [-0.2, -0.15) is 12.6 Å². The molecule has 0 aliphatic rings. The molecule has 1 heterocycles. The molecule has 2 aromatic carbocycles. The van der Waals surface area contributed by atoms with Crippen molar-refractivity contribution in [1.82, 2.24) is 20.9 Å². The first-order chi connectivity index (χ1) is 19.0. The Balaban J connectivity index is 1.73. The van der Waals surface area contributed by atoms with E-state index in [1.807, 2.05) is 24.3 Å². The number of carboxylic acid groups (broad SMARTS) is 1. The monoisotopic (exact) mass is 569 g/mol. The van der Waals surface area contributed by atoms with Crippen LogP contribution in [0.5, 0.6) is 5.75 Å². The number of phenols is 1. The minimum atomic E-state index is -1.27. The molecule has 3 amide bonds. The highest BCUT2D eigenvalue weighted by Crippen LogP contribution is 2.19. The van der Waals surface area contributed by atoms with Crippen LogP contribution in [0.15, 0.2) is 54.7 Å². The fraction of sp³-hybridized carbons (Fsp3) is 0.357. The van der Waals surface area contributed by atoms with Crippen molar-refractivity contribution < 1.29 is 29.4 Å². The van der Waals surface area contributed by atoms with E-state index in [0.717, 1.165) is 16.5 Å². The minimum absolute atomic E-state index is 0.00953. The van der Waals surface area contributed by atoms with E-state index in [1.165, 1.54) is 12.1 Å². The number of hydrogen-bond donors (Lipinski definition) is 8. The lowest BCUT2D eigenvalue weighted by Crippen LogP contribution is -2.59. The number of nitrogens with two attached hydrogens (primary N) is 1. The van der Waals surface area contributed by atoms with Gasteiger partial charge < -0.3 is 36.9 Å². The van der Waals surface area contributed by atoms with Gasteiger partial charge in [0, 0.05) is 29.3 Å². The van der Waals surface area contributed by atoms with Crippen LogP contribution >= 0.6 is 12.6 Å². The second-order valence-corrected chi connectivity index (χ2v) is 10.3. The van der Waals surface area contributed by atoms with Crippen LogP contribution in [0.3, 0.4) is 0 Å². The Kier molecular flexibility index (Phi) is 10.6. The highest BCUT2D eigenvalue weighted by Gasteiger charge is 2.32. The van der Waals surface area contributed by atoms with Gasteiger partial charge >= 0.3 is 5.97 Å². The van der Waals surface area contributed by atoms with E-state index in [-0.39, 0.29) is 30.3 Å². The molecule has 0 bridgehead atoms. The molecule has 214 valence electrons. The molecule has 0 saturated heterocycles. The summed E-state index contributed by atoms with van der Waals surface area (Å²) in [4.78, 5) is 54.0. The number of benzene rings is 2. The zero-order chi connectivity index (χ0) is 29.4. The summed E-state index contributed by atoms with van der Waals surface area (Å²) in [5.74, 6) is -3.63. The minimum Gasteiger partial charge on any atom is -0.508 e. The third kappa shape index (κ3) is 7.99. The third-order valence-corrected chi connectivity index (χ3v) is 6.87. The molecule has 1 aromatic heterocycles. The normalized spacial score (nSPS) is 14.2. The van der Waals surface area contributed by atoms with Crippen molar-refractivity contribution in [1.29, 1.82) is 0 Å². The fourth-order valence-corrected chi connectivity index (χ4v) is 4.47. The van der Waals surface area contributed by atoms with Crippen molar-refractivity contribution in [3.05, 3.63) is 65.9 Å². The van der Waals surface area contributed by atoms with Crippen molar-refractivity contribution in [3.8, 4) is 5.75 Å². The summed E-state index contributed by atoms with van der Waals surface area (Å²) in [5, 5.41) is 27.6. The van der Waals surface area contributed by atoms with Gasteiger partial charge in [-0.3, -0.25) is 14.4 Å². The summed E-state index contributed by atoms with van der Waals surface area (Å²) in [6.07, 6.45) is 2.05. The van der Waals surface area contributed by atoms with E-state index >= 15 is 0 Å². The van der Waals surface area contributed by atoms with Crippen LogP contribution in [-0.4, -0.2) is 68.8 Å². The van der Waals surface area contributed by atoms with Crippen LogP contribution in [0, 0.1) is 5.92 Å². The van der Waals surface area contributed by atoms with Gasteiger partial charge in [0.05, 0.1) is 6.04 Å². The number of H-pyrrole nitrogens is 1. The van der Waals surface area contributed by atoms with Gasteiger partial charge in [-0.05, 0) is 41.7 Å². The lowest BCUT2D eigenvalue weighted by atomic mass is 9.99. The molecule has 3 aromatic rings. The van der Waals surface area contributed by atoms with Gasteiger partial charge in [0.25, 0.3) is 0 Å². The lowest BCUT2D eigenvalue weighted by molar-refractivity contribution is -0.141. The van der Waals surface area contributed by atoms with Gasteiger partial charge in [0.15, 0.2) is 0 Å². The maximum Gasteiger partial charge on any atom is 0.327 e. The maximum absolute atomic E-state index is 13.4. The van der Waals surface area contributed by atoms with Gasteiger partial charge in [-0.1, -0.05) is 44.2 Å². The molecule has 0 spiro atoms. The molecule has 0 fully saturated rings. The Morgan fingerprint density at radius 3 is 2.17 bits per heavy atom. The third-order valence-electron chi connectivity index (χ3n) is 6.50. The Morgan fingerprint density at radius 1 is 0.900 bits per heavy atom. The standard InChI is InChI=1S/C28H35N5O6S/c1-15(2)24(33-25(35)20(29)12-17-13-30-21-6-4-3-5-19(17)21)27(37)31-22(11-16-7-9-18(34)10-8-16)26(36)32-23(14-40)28(38)39/h3-10,13,15,20,22-24,30,34,40H,11-12,14,29H2,1-2H3,(H,31,37)(H,32,36)(H,33,35)(H,38,39). The predicted octanol–water partition coefficient (Wildman–Crippen LogP) is 1.11. The molecule has 11 nitrogen and oxygen atoms in total. The number of amides is 3. The Labute approximate surface area is 237 Å². The van der Waals surface area contributed by atoms with E-state index in [9.17, 15) is 29.4 Å². The molecule has 3 rings (SSSR count). The van der Waals surface area contributed by atoms with Gasteiger partial charge in [-0.25, -0.2) is 4.79 Å². The first kappa shape index (κ1) is 30.5. The number of carbonyl (C=O) groups excluding carboxylic acids is 3. The number of aromatic hydroxyl groups is 1. The summed E-state index contributed by atoms with van der Waals surface area (Å²) in [6.45, 7) is 3.48. The van der Waals surface area contributed by atoms with E-state index in [0.29, 0.717) is 5.56 Å². The van der Waals surface area contributed by atoms with Crippen LogP contribution in [0.4, 0.5) is 0 Å². The first-order valence-electron chi connectivity index (χ1n) is 12.8. The number of carbonyl (C=O) groups is 4. The molecule has 0 aliphatic heterocycles. The Morgan fingerprint density at radius 2 is 1.55 bits per heavy atom. The molecule has 4 unspecified atom stereocenters. The number of hydrogen-bond acceptors (Lipinski definition) is 7. The number of aromatic nitrogens is 1. The van der Waals surface area contributed by atoms with E-state index < -0.39 is 47.9 Å². The molecule has 8 N–H and O–H groups in total. The van der Waals surface area contributed by atoms with Crippen molar-refractivity contribution >= 4 is 47.2 Å². The van der Waals surface area contributed by atoms with Crippen molar-refractivity contribution in [3.63, 3.8) is 0 Å². The quantitative estimate of drug-likeness (QED) is 0.142. The van der Waals surface area contributed by atoms with Crippen LogP contribution in [0.1, 0.15) is 25.0 Å². The second-order valence-electron chi connectivity index (χ2n) is 9.91. The van der Waals surface area contributed by atoms with E-state index in [4.69, 9.17) is 5.73 Å². The number of para-hydroxylation sites is 1. The zero-order valence-electron chi connectivity index (χ0n) is 22.3. The van der Waals surface area contributed by atoms with Crippen LogP contribution in [0.25, 0.3) is 10.9 Å². The number of aromatic amines is 1. The zero-order valence-corrected chi connectivity index (χ0v) is 23.2. The molecule has 4 atom stereocenters. The summed E-state index contributed by atoms with van der Waals surface area (Å²) in [5.41, 5.74) is 8.61. The number of carboxylic acids is 1. The fourth-order valence-electron chi connectivity index (χ4n) is 4.22. The number of thiol groups is 1. The van der Waals surface area contributed by atoms with Crippen LogP contribution in [-0.2, 0) is 32.0 Å². The summed E-state index contributed by atoms with van der Waals surface area (Å²) in [6, 6.07) is 9.30. The first-order valence-corrected chi connectivity index (χ1v) is 13.5. The topological polar surface area (TPSA) is 187 Å². The Hall–Kier alpha value is -4.03. The molecular formula is C28H35N5O6S. The van der Waals surface area contributed by atoms with Crippen molar-refractivity contribution in [2.45, 2.75) is 50.9 Å². The number of rotatable bonds is 13. The molecular weight excluding hydrogens is 534 g/mol. The van der Waals surface area contributed by atoms with Crippen LogP contribution in [0.2, 0.25) is 0 Å². The van der Waals surface area contributed by atoms with Crippen LogP contribution < -0.4 is 21.7 Å². The molecule has 0 aliphatic carbocycles.